The Hall–Kier alpha value is -1.12. The number of benzene rings is 1. The van der Waals surface area contributed by atoms with E-state index in [0.29, 0.717) is 18.5 Å². The molecule has 2 N–H and O–H groups in total. The summed E-state index contributed by atoms with van der Waals surface area (Å²) in [5.74, 6) is 0.677. The van der Waals surface area contributed by atoms with Crippen molar-refractivity contribution in [3.63, 3.8) is 0 Å². The molecular formula is C20H27IN4S. The molecule has 4 nitrogen and oxygen atoms in total. The van der Waals surface area contributed by atoms with Crippen molar-refractivity contribution < 1.29 is 0 Å². The van der Waals surface area contributed by atoms with Crippen molar-refractivity contribution in [1.82, 2.24) is 9.80 Å². The second-order valence-corrected chi connectivity index (χ2v) is 8.06. The van der Waals surface area contributed by atoms with Gasteiger partial charge in [0.25, 0.3) is 0 Å². The number of nitrogens with two attached hydrogens (primary N) is 1. The van der Waals surface area contributed by atoms with Crippen molar-refractivity contribution in [2.45, 2.75) is 37.9 Å². The molecular weight excluding hydrogens is 455 g/mol. The van der Waals surface area contributed by atoms with Crippen LogP contribution in [0.3, 0.4) is 0 Å². The molecule has 1 aromatic carbocycles. The predicted molar refractivity (Wildman–Crippen MR) is 120 cm³/mol. The summed E-state index contributed by atoms with van der Waals surface area (Å²) in [7, 11) is 2.06. The molecule has 1 aliphatic carbocycles. The zero-order valence-electron chi connectivity index (χ0n) is 15.2. The Kier molecular flexibility index (Phi) is 6.58. The van der Waals surface area contributed by atoms with Gasteiger partial charge in [-0.3, -0.25) is 9.89 Å². The molecule has 1 aromatic heterocycles. The monoisotopic (exact) mass is 482 g/mol. The number of fused-ring (bicyclic) bond motifs is 1. The van der Waals surface area contributed by atoms with E-state index in [0.717, 1.165) is 19.5 Å². The van der Waals surface area contributed by atoms with Crippen molar-refractivity contribution in [3.8, 4) is 0 Å². The lowest BCUT2D eigenvalue weighted by molar-refractivity contribution is 0.185. The molecule has 0 spiro atoms. The summed E-state index contributed by atoms with van der Waals surface area (Å²) in [6, 6.07) is 13.9. The van der Waals surface area contributed by atoms with Crippen LogP contribution < -0.4 is 5.73 Å². The quantitative estimate of drug-likeness (QED) is 0.400. The van der Waals surface area contributed by atoms with Gasteiger partial charge in [0.2, 0.25) is 0 Å². The smallest absolute Gasteiger partial charge is 0.191 e. The van der Waals surface area contributed by atoms with Crippen molar-refractivity contribution in [3.05, 3.63) is 57.8 Å². The van der Waals surface area contributed by atoms with Crippen LogP contribution in [-0.4, -0.2) is 41.9 Å². The molecule has 4 rings (SSSR count). The normalized spacial score (nSPS) is 18.7. The van der Waals surface area contributed by atoms with E-state index in [1.807, 2.05) is 11.3 Å². The molecule has 1 saturated carbocycles. The molecule has 1 atom stereocenters. The Morgan fingerprint density at radius 3 is 2.81 bits per heavy atom. The SMILES string of the molecule is CN(C(N)=NCC(c1ccccc1)N1CCc2sccc2C1)C1CC1.I. The van der Waals surface area contributed by atoms with Gasteiger partial charge in [-0.1, -0.05) is 30.3 Å². The molecule has 6 heteroatoms. The highest BCUT2D eigenvalue weighted by molar-refractivity contribution is 14.0. The molecule has 2 aliphatic rings. The summed E-state index contributed by atoms with van der Waals surface area (Å²) >= 11 is 1.89. The summed E-state index contributed by atoms with van der Waals surface area (Å²) in [4.78, 5) is 11.0. The first-order chi connectivity index (χ1) is 12.2. The van der Waals surface area contributed by atoms with E-state index in [2.05, 4.69) is 58.6 Å². The molecule has 2 heterocycles. The molecule has 26 heavy (non-hydrogen) atoms. The number of nitrogens with zero attached hydrogens (tertiary/aromatic N) is 3. The minimum absolute atomic E-state index is 0. The number of guanidine groups is 1. The first-order valence-corrected chi connectivity index (χ1v) is 9.97. The molecule has 0 saturated heterocycles. The average molecular weight is 482 g/mol. The predicted octanol–water partition coefficient (Wildman–Crippen LogP) is 3.87. The van der Waals surface area contributed by atoms with Gasteiger partial charge in [-0.15, -0.1) is 35.3 Å². The summed E-state index contributed by atoms with van der Waals surface area (Å²) in [6.07, 6.45) is 3.61. The zero-order chi connectivity index (χ0) is 17.2. The van der Waals surface area contributed by atoms with Crippen LogP contribution in [0.15, 0.2) is 46.8 Å². The van der Waals surface area contributed by atoms with E-state index in [1.54, 1.807) is 4.88 Å². The fourth-order valence-corrected chi connectivity index (χ4v) is 4.47. The number of rotatable bonds is 5. The number of aliphatic imine (C=N–C) groups is 1. The van der Waals surface area contributed by atoms with Crippen LogP contribution in [-0.2, 0) is 13.0 Å². The molecule has 1 fully saturated rings. The molecule has 0 radical (unpaired) electrons. The third-order valence-electron chi connectivity index (χ3n) is 5.34. The van der Waals surface area contributed by atoms with Gasteiger partial charge in [-0.25, -0.2) is 0 Å². The van der Waals surface area contributed by atoms with E-state index < -0.39 is 0 Å². The van der Waals surface area contributed by atoms with Crippen molar-refractivity contribution in [2.24, 2.45) is 10.7 Å². The standard InChI is InChI=1S/C20H26N4S.HI/c1-23(17-7-8-17)20(21)22-13-18(15-5-3-2-4-6-15)24-11-9-19-16(14-24)10-12-25-19;/h2-6,10,12,17-18H,7-9,11,13-14H2,1H3,(H2,21,22);1H. The lowest BCUT2D eigenvalue weighted by atomic mass is 10.0. The average Bonchev–Trinajstić information content (AvgIpc) is 3.39. The summed E-state index contributed by atoms with van der Waals surface area (Å²) in [5.41, 5.74) is 9.04. The molecule has 0 bridgehead atoms. The largest absolute Gasteiger partial charge is 0.370 e. The van der Waals surface area contributed by atoms with Gasteiger partial charge in [0.1, 0.15) is 0 Å². The minimum atomic E-state index is 0. The number of hydrogen-bond acceptors (Lipinski definition) is 3. The first-order valence-electron chi connectivity index (χ1n) is 9.09. The third-order valence-corrected chi connectivity index (χ3v) is 6.37. The molecule has 2 aromatic rings. The lowest BCUT2D eigenvalue weighted by Crippen LogP contribution is -2.38. The van der Waals surface area contributed by atoms with Crippen LogP contribution in [0.5, 0.6) is 0 Å². The Balaban J connectivity index is 0.00000196. The van der Waals surface area contributed by atoms with Gasteiger partial charge in [0.05, 0.1) is 12.6 Å². The number of thiophene rings is 1. The van der Waals surface area contributed by atoms with Gasteiger partial charge in [-0.2, -0.15) is 0 Å². The van der Waals surface area contributed by atoms with Gasteiger partial charge >= 0.3 is 0 Å². The minimum Gasteiger partial charge on any atom is -0.370 e. The molecule has 1 aliphatic heterocycles. The highest BCUT2D eigenvalue weighted by Gasteiger charge is 2.28. The summed E-state index contributed by atoms with van der Waals surface area (Å²) in [5, 5.41) is 2.21. The second-order valence-electron chi connectivity index (χ2n) is 7.06. The number of halogens is 1. The molecule has 140 valence electrons. The van der Waals surface area contributed by atoms with Crippen molar-refractivity contribution in [1.29, 1.82) is 0 Å². The Morgan fingerprint density at radius 1 is 1.31 bits per heavy atom. The highest BCUT2D eigenvalue weighted by Crippen LogP contribution is 2.31. The summed E-state index contributed by atoms with van der Waals surface area (Å²) < 4.78 is 0. The van der Waals surface area contributed by atoms with Gasteiger partial charge in [0.15, 0.2) is 5.96 Å². The van der Waals surface area contributed by atoms with Crippen molar-refractivity contribution >= 4 is 41.3 Å². The van der Waals surface area contributed by atoms with Gasteiger partial charge < -0.3 is 10.6 Å². The van der Waals surface area contributed by atoms with Crippen LogP contribution in [0.2, 0.25) is 0 Å². The molecule has 0 amide bonds. The van der Waals surface area contributed by atoms with E-state index in [-0.39, 0.29) is 30.0 Å². The Bertz CT molecular complexity index is 741. The fraction of sp³-hybridized carbons (Fsp3) is 0.450. The van der Waals surface area contributed by atoms with Crippen LogP contribution in [0.1, 0.15) is 34.9 Å². The van der Waals surface area contributed by atoms with E-state index in [1.165, 1.54) is 24.0 Å². The maximum absolute atomic E-state index is 6.23. The Morgan fingerprint density at radius 2 is 2.08 bits per heavy atom. The lowest BCUT2D eigenvalue weighted by Gasteiger charge is -2.34. The topological polar surface area (TPSA) is 44.9 Å². The second kappa shape index (κ2) is 8.71. The summed E-state index contributed by atoms with van der Waals surface area (Å²) in [6.45, 7) is 2.81. The highest BCUT2D eigenvalue weighted by atomic mass is 127. The van der Waals surface area contributed by atoms with E-state index >= 15 is 0 Å². The number of hydrogen-bond donors (Lipinski definition) is 1. The van der Waals surface area contributed by atoms with Crippen LogP contribution in [0, 0.1) is 0 Å². The van der Waals surface area contributed by atoms with Crippen LogP contribution in [0.25, 0.3) is 0 Å². The maximum atomic E-state index is 6.23. The van der Waals surface area contributed by atoms with Gasteiger partial charge in [-0.05, 0) is 41.8 Å². The zero-order valence-corrected chi connectivity index (χ0v) is 18.3. The van der Waals surface area contributed by atoms with Crippen molar-refractivity contribution in [2.75, 3.05) is 20.1 Å². The van der Waals surface area contributed by atoms with Gasteiger partial charge in [0, 0.05) is 31.1 Å². The van der Waals surface area contributed by atoms with Crippen LogP contribution >= 0.6 is 35.3 Å². The van der Waals surface area contributed by atoms with E-state index in [4.69, 9.17) is 10.7 Å². The maximum Gasteiger partial charge on any atom is 0.191 e. The first kappa shape index (κ1) is 19.6. The van der Waals surface area contributed by atoms with E-state index in [9.17, 15) is 0 Å². The van der Waals surface area contributed by atoms with Crippen LogP contribution in [0.4, 0.5) is 0 Å². The molecule has 1 unspecified atom stereocenters. The third kappa shape index (κ3) is 4.40. The Labute approximate surface area is 177 Å². The fourth-order valence-electron chi connectivity index (χ4n) is 3.58.